The highest BCUT2D eigenvalue weighted by Crippen LogP contribution is 2.43. The monoisotopic (exact) mass is 401 g/mol. The van der Waals surface area contributed by atoms with Crippen molar-refractivity contribution < 1.29 is 19.1 Å². The zero-order valence-electron chi connectivity index (χ0n) is 15.7. The summed E-state index contributed by atoms with van der Waals surface area (Å²) in [4.78, 5) is 47.1. The smallest absolute Gasteiger partial charge is 0.411 e. The van der Waals surface area contributed by atoms with Crippen LogP contribution >= 0.6 is 0 Å². The molecule has 0 aliphatic carbocycles. The van der Waals surface area contributed by atoms with Crippen LogP contribution in [0.3, 0.4) is 0 Å². The summed E-state index contributed by atoms with van der Waals surface area (Å²) in [6.07, 6.45) is 6.46. The number of ether oxygens (including phenoxy) is 1. The summed E-state index contributed by atoms with van der Waals surface area (Å²) < 4.78 is 5.01. The lowest BCUT2D eigenvalue weighted by atomic mass is 10.1. The SMILES string of the molecule is C#CCOC(=O)N1CC2CC1[C@@H]1C(=O)N(c3cnc(C#N)c4ccccc34)C(=O)N21. The number of terminal acetylenes is 1. The Labute approximate surface area is 171 Å². The van der Waals surface area contributed by atoms with Gasteiger partial charge in [-0.15, -0.1) is 6.42 Å². The molecule has 0 spiro atoms. The number of piperazine rings is 1. The number of imide groups is 1. The number of anilines is 1. The largest absolute Gasteiger partial charge is 0.436 e. The van der Waals surface area contributed by atoms with Crippen LogP contribution in [0.1, 0.15) is 12.1 Å². The number of fused-ring (bicyclic) bond motifs is 6. The second kappa shape index (κ2) is 6.46. The number of aromatic nitrogens is 1. The molecule has 0 radical (unpaired) electrons. The molecule has 1 aromatic carbocycles. The van der Waals surface area contributed by atoms with E-state index in [9.17, 15) is 19.6 Å². The molecule has 3 aliphatic rings. The maximum Gasteiger partial charge on any atom is 0.411 e. The van der Waals surface area contributed by atoms with E-state index in [4.69, 9.17) is 11.2 Å². The number of carbonyl (C=O) groups is 3. The number of likely N-dealkylation sites (tertiary alicyclic amines) is 1. The summed E-state index contributed by atoms with van der Waals surface area (Å²) in [7, 11) is 0. The first-order chi connectivity index (χ1) is 14.6. The average molecular weight is 401 g/mol. The van der Waals surface area contributed by atoms with Gasteiger partial charge >= 0.3 is 12.1 Å². The molecule has 4 heterocycles. The van der Waals surface area contributed by atoms with E-state index in [1.165, 1.54) is 11.1 Å². The number of pyridine rings is 1. The minimum absolute atomic E-state index is 0.150. The van der Waals surface area contributed by atoms with Gasteiger partial charge in [0.05, 0.1) is 24.0 Å². The predicted molar refractivity (Wildman–Crippen MR) is 104 cm³/mol. The van der Waals surface area contributed by atoms with Gasteiger partial charge in [0.1, 0.15) is 17.8 Å². The minimum Gasteiger partial charge on any atom is -0.436 e. The Hall–Kier alpha value is -4.11. The van der Waals surface area contributed by atoms with Gasteiger partial charge in [-0.2, -0.15) is 5.26 Å². The van der Waals surface area contributed by atoms with E-state index in [0.29, 0.717) is 29.4 Å². The number of hydrogen-bond acceptors (Lipinski definition) is 6. The van der Waals surface area contributed by atoms with Crippen LogP contribution in [0.2, 0.25) is 0 Å². The quantitative estimate of drug-likeness (QED) is 0.557. The molecule has 0 saturated carbocycles. The van der Waals surface area contributed by atoms with Crippen molar-refractivity contribution in [2.75, 3.05) is 18.1 Å². The average Bonchev–Trinajstić information content (AvgIpc) is 3.43. The summed E-state index contributed by atoms with van der Waals surface area (Å²) >= 11 is 0. The zero-order valence-corrected chi connectivity index (χ0v) is 15.7. The van der Waals surface area contributed by atoms with Crippen LogP contribution in [0, 0.1) is 23.7 Å². The van der Waals surface area contributed by atoms with Gasteiger partial charge in [0.15, 0.2) is 6.61 Å². The second-order valence-electron chi connectivity index (χ2n) is 7.33. The topological polar surface area (TPSA) is 107 Å². The maximum atomic E-state index is 13.3. The highest BCUT2D eigenvalue weighted by atomic mass is 16.6. The lowest BCUT2D eigenvalue weighted by Gasteiger charge is -2.33. The molecule has 3 atom stereocenters. The lowest BCUT2D eigenvalue weighted by Crippen LogP contribution is -2.55. The zero-order chi connectivity index (χ0) is 21.0. The van der Waals surface area contributed by atoms with E-state index in [1.54, 1.807) is 29.2 Å². The van der Waals surface area contributed by atoms with Crippen LogP contribution in [0.4, 0.5) is 15.3 Å². The van der Waals surface area contributed by atoms with Crippen LogP contribution in [-0.2, 0) is 9.53 Å². The van der Waals surface area contributed by atoms with E-state index >= 15 is 0 Å². The lowest BCUT2D eigenvalue weighted by molar-refractivity contribution is -0.121. The molecule has 5 rings (SSSR count). The third-order valence-electron chi connectivity index (χ3n) is 5.90. The van der Waals surface area contributed by atoms with Crippen molar-refractivity contribution in [2.24, 2.45) is 0 Å². The van der Waals surface area contributed by atoms with E-state index < -0.39 is 30.1 Å². The molecule has 2 bridgehead atoms. The van der Waals surface area contributed by atoms with Crippen LogP contribution in [0.15, 0.2) is 30.5 Å². The Morgan fingerprint density at radius 2 is 2.07 bits per heavy atom. The van der Waals surface area contributed by atoms with E-state index in [-0.39, 0.29) is 18.3 Å². The highest BCUT2D eigenvalue weighted by molar-refractivity contribution is 6.25. The fourth-order valence-corrected chi connectivity index (χ4v) is 4.72. The Morgan fingerprint density at radius 1 is 1.30 bits per heavy atom. The molecule has 0 N–H and O–H groups in total. The van der Waals surface area contributed by atoms with Crippen LogP contribution in [0.25, 0.3) is 10.8 Å². The third kappa shape index (κ3) is 2.29. The van der Waals surface area contributed by atoms with Crippen molar-refractivity contribution >= 4 is 34.5 Å². The number of nitrogens with zero attached hydrogens (tertiary/aromatic N) is 5. The molecule has 9 nitrogen and oxygen atoms in total. The normalized spacial score (nSPS) is 24.2. The Balaban J connectivity index is 1.52. The van der Waals surface area contributed by atoms with Gasteiger partial charge in [0.2, 0.25) is 0 Å². The molecule has 9 heteroatoms. The predicted octanol–water partition coefficient (Wildman–Crippen LogP) is 1.47. The van der Waals surface area contributed by atoms with Crippen molar-refractivity contribution in [3.63, 3.8) is 0 Å². The van der Waals surface area contributed by atoms with Crippen molar-refractivity contribution in [3.05, 3.63) is 36.2 Å². The second-order valence-corrected chi connectivity index (χ2v) is 7.33. The van der Waals surface area contributed by atoms with Gasteiger partial charge in [-0.1, -0.05) is 30.2 Å². The molecule has 4 amide bonds. The first-order valence-electron chi connectivity index (χ1n) is 9.37. The summed E-state index contributed by atoms with van der Waals surface area (Å²) in [6, 6.07) is 7.09. The summed E-state index contributed by atoms with van der Waals surface area (Å²) in [6.45, 7) is 0.146. The third-order valence-corrected chi connectivity index (χ3v) is 5.90. The number of rotatable bonds is 2. The number of urea groups is 1. The van der Waals surface area contributed by atoms with E-state index in [0.717, 1.165) is 4.90 Å². The highest BCUT2D eigenvalue weighted by Gasteiger charge is 2.63. The summed E-state index contributed by atoms with van der Waals surface area (Å²) in [5.74, 6) is 1.83. The Kier molecular flexibility index (Phi) is 3.87. The van der Waals surface area contributed by atoms with Crippen molar-refractivity contribution in [3.8, 4) is 18.4 Å². The molecule has 30 heavy (non-hydrogen) atoms. The first-order valence-corrected chi connectivity index (χ1v) is 9.37. The molecule has 2 unspecified atom stereocenters. The molecule has 1 aromatic heterocycles. The van der Waals surface area contributed by atoms with Crippen molar-refractivity contribution in [1.82, 2.24) is 14.8 Å². The van der Waals surface area contributed by atoms with Crippen LogP contribution in [0.5, 0.6) is 0 Å². The molecule has 3 aliphatic heterocycles. The molecular formula is C21H15N5O4. The number of benzene rings is 1. The number of carbonyl (C=O) groups excluding carboxylic acids is 3. The fourth-order valence-electron chi connectivity index (χ4n) is 4.72. The standard InChI is InChI=1S/C21H15N5O4/c1-2-7-30-21(29)24-11-12-8-16(24)18-19(27)26(20(28)25(12)18)17-10-23-15(9-22)13-5-3-4-6-14(13)17/h1,3-6,10,12,16,18H,7-8,11H2/t12?,16?,18-/m1/s1. The molecule has 3 fully saturated rings. The number of nitriles is 1. The number of amides is 4. The van der Waals surface area contributed by atoms with E-state index in [1.807, 2.05) is 6.07 Å². The van der Waals surface area contributed by atoms with Gasteiger partial charge < -0.3 is 14.5 Å². The van der Waals surface area contributed by atoms with Gasteiger partial charge in [-0.05, 0) is 6.42 Å². The van der Waals surface area contributed by atoms with Gasteiger partial charge in [0.25, 0.3) is 5.91 Å². The van der Waals surface area contributed by atoms with Gasteiger partial charge in [-0.3, -0.25) is 4.79 Å². The first kappa shape index (κ1) is 18.0. The van der Waals surface area contributed by atoms with Crippen LogP contribution < -0.4 is 4.90 Å². The van der Waals surface area contributed by atoms with Gasteiger partial charge in [0, 0.05) is 17.3 Å². The molecule has 2 aromatic rings. The molecule has 3 saturated heterocycles. The maximum absolute atomic E-state index is 13.3. The Bertz CT molecular complexity index is 1200. The van der Waals surface area contributed by atoms with Crippen LogP contribution in [-0.4, -0.2) is 64.1 Å². The molecular weight excluding hydrogens is 386 g/mol. The Morgan fingerprint density at radius 3 is 2.80 bits per heavy atom. The van der Waals surface area contributed by atoms with E-state index in [2.05, 4.69) is 10.9 Å². The fraction of sp³-hybridized carbons (Fsp3) is 0.286. The minimum atomic E-state index is -0.774. The van der Waals surface area contributed by atoms with Crippen molar-refractivity contribution in [1.29, 1.82) is 5.26 Å². The number of hydrogen-bond donors (Lipinski definition) is 0. The summed E-state index contributed by atoms with van der Waals surface area (Å²) in [5.41, 5.74) is 0.548. The summed E-state index contributed by atoms with van der Waals surface area (Å²) in [5, 5.41) is 10.5. The van der Waals surface area contributed by atoms with Crippen molar-refractivity contribution in [2.45, 2.75) is 24.5 Å². The van der Waals surface area contributed by atoms with Gasteiger partial charge in [-0.25, -0.2) is 19.5 Å². The molecule has 148 valence electrons.